The van der Waals surface area contributed by atoms with Gasteiger partial charge < -0.3 is 9.47 Å². The van der Waals surface area contributed by atoms with Crippen LogP contribution in [0, 0.1) is 5.41 Å². The van der Waals surface area contributed by atoms with Crippen molar-refractivity contribution in [3.8, 4) is 0 Å². The van der Waals surface area contributed by atoms with Gasteiger partial charge in [0.25, 0.3) is 10.1 Å². The van der Waals surface area contributed by atoms with E-state index in [1.807, 2.05) is 0 Å². The van der Waals surface area contributed by atoms with Gasteiger partial charge in [-0.1, -0.05) is 0 Å². The van der Waals surface area contributed by atoms with Gasteiger partial charge in [0.05, 0.1) is 38.1 Å². The highest BCUT2D eigenvalue weighted by atomic mass is 32.2. The molecule has 0 atom stereocenters. The lowest BCUT2D eigenvalue weighted by Gasteiger charge is -2.39. The molecule has 0 N–H and O–H groups in total. The van der Waals surface area contributed by atoms with Crippen molar-refractivity contribution in [3.63, 3.8) is 0 Å². The Morgan fingerprint density at radius 1 is 1.38 bits per heavy atom. The molecule has 0 aliphatic carbocycles. The molecule has 0 aromatic carbocycles. The van der Waals surface area contributed by atoms with Gasteiger partial charge in [0, 0.05) is 7.11 Å². The number of hydrogen-bond donors (Lipinski definition) is 0. The van der Waals surface area contributed by atoms with Gasteiger partial charge in [-0.25, -0.2) is 0 Å². The summed E-state index contributed by atoms with van der Waals surface area (Å²) in [4.78, 5) is 0. The monoisotopic (exact) mass is 210 g/mol. The molecule has 78 valence electrons. The van der Waals surface area contributed by atoms with Crippen LogP contribution in [0.5, 0.6) is 0 Å². The van der Waals surface area contributed by atoms with Crippen molar-refractivity contribution in [1.82, 2.24) is 0 Å². The molecule has 6 heteroatoms. The van der Waals surface area contributed by atoms with E-state index in [1.165, 1.54) is 0 Å². The van der Waals surface area contributed by atoms with Gasteiger partial charge in [-0.05, 0) is 0 Å². The highest BCUT2D eigenvalue weighted by molar-refractivity contribution is 7.85. The maximum Gasteiger partial charge on any atom is 0.264 e. The molecule has 0 aromatic rings. The summed E-state index contributed by atoms with van der Waals surface area (Å²) in [7, 11) is -1.79. The average molecular weight is 210 g/mol. The Morgan fingerprint density at radius 2 is 2.00 bits per heavy atom. The maximum absolute atomic E-state index is 10.7. The molecule has 0 spiro atoms. The largest absolute Gasteiger partial charge is 0.384 e. The van der Waals surface area contributed by atoms with Crippen LogP contribution in [0.3, 0.4) is 0 Å². The Bertz CT molecular complexity index is 254. The molecule has 1 heterocycles. The summed E-state index contributed by atoms with van der Waals surface area (Å²) in [6.07, 6.45) is 1.03. The molecule has 1 aliphatic rings. The van der Waals surface area contributed by atoms with Gasteiger partial charge in [-0.3, -0.25) is 4.18 Å². The molecule has 0 aromatic heterocycles. The summed E-state index contributed by atoms with van der Waals surface area (Å²) in [6, 6.07) is 0. The molecular weight excluding hydrogens is 196 g/mol. The molecule has 0 amide bonds. The van der Waals surface area contributed by atoms with Crippen molar-refractivity contribution >= 4 is 10.1 Å². The van der Waals surface area contributed by atoms with Crippen LogP contribution in [0.2, 0.25) is 0 Å². The van der Waals surface area contributed by atoms with E-state index in [0.717, 1.165) is 6.26 Å². The molecule has 5 nitrogen and oxygen atoms in total. The van der Waals surface area contributed by atoms with Crippen molar-refractivity contribution in [3.05, 3.63) is 0 Å². The van der Waals surface area contributed by atoms with Gasteiger partial charge in [0.1, 0.15) is 0 Å². The van der Waals surface area contributed by atoms with E-state index in [0.29, 0.717) is 19.8 Å². The third-order valence-electron chi connectivity index (χ3n) is 1.85. The van der Waals surface area contributed by atoms with E-state index in [4.69, 9.17) is 13.7 Å². The van der Waals surface area contributed by atoms with Gasteiger partial charge in [0.2, 0.25) is 0 Å². The fourth-order valence-electron chi connectivity index (χ4n) is 1.14. The summed E-state index contributed by atoms with van der Waals surface area (Å²) in [5.41, 5.74) is -0.266. The smallest absolute Gasteiger partial charge is 0.264 e. The average Bonchev–Trinajstić information content (AvgIpc) is 1.92. The first kappa shape index (κ1) is 10.9. The second kappa shape index (κ2) is 3.91. The fourth-order valence-corrected chi connectivity index (χ4v) is 1.60. The van der Waals surface area contributed by atoms with Crippen LogP contribution in [0.4, 0.5) is 0 Å². The molecule has 0 radical (unpaired) electrons. The zero-order valence-electron chi connectivity index (χ0n) is 7.78. The maximum atomic E-state index is 10.7. The second-order valence-corrected chi connectivity index (χ2v) is 5.04. The van der Waals surface area contributed by atoms with E-state index < -0.39 is 10.1 Å². The zero-order chi connectivity index (χ0) is 9.95. The number of ether oxygens (including phenoxy) is 2. The Kier molecular flexibility index (Phi) is 3.28. The topological polar surface area (TPSA) is 61.8 Å². The molecule has 1 saturated heterocycles. The van der Waals surface area contributed by atoms with E-state index in [-0.39, 0.29) is 12.0 Å². The standard InChI is InChI=1S/C7H14O5S/c1-10-3-7(4-11-5-7)6-12-13(2,8)9/h3-6H2,1-2H3. The summed E-state index contributed by atoms with van der Waals surface area (Å²) in [6.45, 7) is 1.59. The highest BCUT2D eigenvalue weighted by Gasteiger charge is 2.40. The normalized spacial score (nSPS) is 21.1. The molecule has 0 unspecified atom stereocenters. The van der Waals surface area contributed by atoms with Crippen molar-refractivity contribution in [1.29, 1.82) is 0 Å². The first-order chi connectivity index (χ1) is 5.97. The number of rotatable bonds is 5. The van der Waals surface area contributed by atoms with Crippen molar-refractivity contribution in [2.75, 3.05) is 39.8 Å². The van der Waals surface area contributed by atoms with Crippen LogP contribution in [-0.2, 0) is 23.8 Å². The summed E-state index contributed by atoms with van der Waals surface area (Å²) in [5, 5.41) is 0. The molecular formula is C7H14O5S. The Morgan fingerprint density at radius 3 is 2.31 bits per heavy atom. The summed E-state index contributed by atoms with van der Waals surface area (Å²) < 4.78 is 36.1. The Balaban J connectivity index is 2.41. The van der Waals surface area contributed by atoms with Crippen molar-refractivity contribution in [2.24, 2.45) is 5.41 Å². The van der Waals surface area contributed by atoms with Crippen LogP contribution in [0.25, 0.3) is 0 Å². The third-order valence-corrected chi connectivity index (χ3v) is 2.39. The third kappa shape index (κ3) is 3.22. The minimum atomic E-state index is -3.36. The molecule has 13 heavy (non-hydrogen) atoms. The van der Waals surface area contributed by atoms with Gasteiger partial charge >= 0.3 is 0 Å². The molecule has 0 saturated carbocycles. The van der Waals surface area contributed by atoms with Crippen LogP contribution >= 0.6 is 0 Å². The van der Waals surface area contributed by atoms with Gasteiger partial charge in [-0.15, -0.1) is 0 Å². The Labute approximate surface area is 78.1 Å². The van der Waals surface area contributed by atoms with Gasteiger partial charge in [-0.2, -0.15) is 8.42 Å². The van der Waals surface area contributed by atoms with E-state index >= 15 is 0 Å². The fraction of sp³-hybridized carbons (Fsp3) is 1.00. The van der Waals surface area contributed by atoms with Crippen molar-refractivity contribution in [2.45, 2.75) is 0 Å². The summed E-state index contributed by atoms with van der Waals surface area (Å²) >= 11 is 0. The van der Waals surface area contributed by atoms with E-state index in [2.05, 4.69) is 0 Å². The molecule has 0 bridgehead atoms. The SMILES string of the molecule is COCC1(COS(C)(=O)=O)COC1. The predicted octanol–water partition coefficient (Wildman–Crippen LogP) is -0.374. The van der Waals surface area contributed by atoms with Crippen LogP contribution in [-0.4, -0.2) is 48.2 Å². The summed E-state index contributed by atoms with van der Waals surface area (Å²) in [5.74, 6) is 0. The first-order valence-electron chi connectivity index (χ1n) is 3.89. The minimum absolute atomic E-state index is 0.139. The second-order valence-electron chi connectivity index (χ2n) is 3.39. The van der Waals surface area contributed by atoms with Crippen molar-refractivity contribution < 1.29 is 22.1 Å². The quantitative estimate of drug-likeness (QED) is 0.579. The Hall–Kier alpha value is -0.170. The lowest BCUT2D eigenvalue weighted by molar-refractivity contribution is -0.158. The zero-order valence-corrected chi connectivity index (χ0v) is 8.59. The highest BCUT2D eigenvalue weighted by Crippen LogP contribution is 2.28. The lowest BCUT2D eigenvalue weighted by Crippen LogP contribution is -2.49. The van der Waals surface area contributed by atoms with Gasteiger partial charge in [0.15, 0.2) is 0 Å². The molecule has 1 rings (SSSR count). The number of methoxy groups -OCH3 is 1. The minimum Gasteiger partial charge on any atom is -0.384 e. The first-order valence-corrected chi connectivity index (χ1v) is 5.70. The number of hydrogen-bond acceptors (Lipinski definition) is 5. The van der Waals surface area contributed by atoms with E-state index in [1.54, 1.807) is 7.11 Å². The van der Waals surface area contributed by atoms with Crippen LogP contribution < -0.4 is 0 Å². The molecule has 1 fully saturated rings. The lowest BCUT2D eigenvalue weighted by atomic mass is 9.88. The van der Waals surface area contributed by atoms with Crippen LogP contribution in [0.1, 0.15) is 0 Å². The van der Waals surface area contributed by atoms with Crippen LogP contribution in [0.15, 0.2) is 0 Å². The van der Waals surface area contributed by atoms with E-state index in [9.17, 15) is 8.42 Å². The molecule has 1 aliphatic heterocycles. The predicted molar refractivity (Wildman–Crippen MR) is 45.9 cm³/mol.